The minimum Gasteiger partial charge on any atom is -0.504 e. The highest BCUT2D eigenvalue weighted by atomic mass is 16.4. The first kappa shape index (κ1) is 16.8. The van der Waals surface area contributed by atoms with Gasteiger partial charge >= 0.3 is 5.97 Å². The van der Waals surface area contributed by atoms with E-state index in [1.54, 1.807) is 6.92 Å². The fourth-order valence-electron chi connectivity index (χ4n) is 1.76. The van der Waals surface area contributed by atoms with Gasteiger partial charge in [-0.05, 0) is 31.0 Å². The Kier molecular flexibility index (Phi) is 5.98. The molecule has 1 aromatic carbocycles. The summed E-state index contributed by atoms with van der Waals surface area (Å²) in [4.78, 5) is 22.8. The number of carboxylic acid groups (broad SMARTS) is 1. The average Bonchev–Trinajstić information content (AvgIpc) is 2.39. The van der Waals surface area contributed by atoms with Crippen molar-refractivity contribution in [2.24, 2.45) is 5.73 Å². The summed E-state index contributed by atoms with van der Waals surface area (Å²) in [6.45, 7) is 1.77. The molecule has 0 aromatic heterocycles. The Bertz CT molecular complexity index is 516. The number of aliphatic carboxylic acids is 1. The molecule has 0 radical (unpaired) electrons. The van der Waals surface area contributed by atoms with Gasteiger partial charge in [0.2, 0.25) is 5.91 Å². The average molecular weight is 296 g/mol. The lowest BCUT2D eigenvalue weighted by atomic mass is 10.0. The zero-order valence-electron chi connectivity index (χ0n) is 11.7. The molecule has 7 heteroatoms. The van der Waals surface area contributed by atoms with Crippen LogP contribution < -0.4 is 11.1 Å². The molecule has 0 aliphatic rings. The van der Waals surface area contributed by atoms with Crippen LogP contribution in [0.1, 0.15) is 25.3 Å². The number of carbonyl (C=O) groups is 2. The fraction of sp³-hybridized carbons (Fsp3) is 0.429. The van der Waals surface area contributed by atoms with E-state index in [0.29, 0.717) is 12.0 Å². The molecule has 1 unspecified atom stereocenters. The molecule has 7 nitrogen and oxygen atoms in total. The van der Waals surface area contributed by atoms with Gasteiger partial charge < -0.3 is 26.4 Å². The first-order valence-electron chi connectivity index (χ1n) is 6.58. The minimum absolute atomic E-state index is 0.00704. The number of amides is 1. The lowest BCUT2D eigenvalue weighted by Crippen LogP contribution is -2.42. The highest BCUT2D eigenvalue weighted by molar-refractivity contribution is 5.83. The van der Waals surface area contributed by atoms with Crippen molar-refractivity contribution in [3.8, 4) is 11.5 Å². The molecule has 1 amide bonds. The zero-order valence-corrected chi connectivity index (χ0v) is 11.7. The number of carbonyl (C=O) groups excluding carboxylic acids is 1. The third kappa shape index (κ3) is 5.70. The Balaban J connectivity index is 2.67. The van der Waals surface area contributed by atoms with E-state index >= 15 is 0 Å². The number of aromatic hydroxyl groups is 2. The summed E-state index contributed by atoms with van der Waals surface area (Å²) < 4.78 is 0. The number of phenolic OH excluding ortho intramolecular Hbond substituents is 2. The lowest BCUT2D eigenvalue weighted by molar-refractivity contribution is -0.141. The highest BCUT2D eigenvalue weighted by Gasteiger charge is 2.20. The summed E-state index contributed by atoms with van der Waals surface area (Å²) >= 11 is 0. The maximum Gasteiger partial charge on any atom is 0.326 e. The summed E-state index contributed by atoms with van der Waals surface area (Å²) in [7, 11) is 0. The summed E-state index contributed by atoms with van der Waals surface area (Å²) in [6.07, 6.45) is 0.632. The first-order valence-corrected chi connectivity index (χ1v) is 6.58. The van der Waals surface area contributed by atoms with E-state index in [2.05, 4.69) is 5.32 Å². The van der Waals surface area contributed by atoms with Crippen LogP contribution >= 0.6 is 0 Å². The second-order valence-electron chi connectivity index (χ2n) is 5.00. The number of benzene rings is 1. The lowest BCUT2D eigenvalue weighted by Gasteiger charge is -2.15. The van der Waals surface area contributed by atoms with Gasteiger partial charge in [-0.1, -0.05) is 6.07 Å². The number of hydrogen-bond acceptors (Lipinski definition) is 5. The number of hydrogen-bond donors (Lipinski definition) is 5. The molecule has 0 saturated carbocycles. The molecule has 2 atom stereocenters. The molecular weight excluding hydrogens is 276 g/mol. The Labute approximate surface area is 122 Å². The van der Waals surface area contributed by atoms with Crippen molar-refractivity contribution in [3.63, 3.8) is 0 Å². The van der Waals surface area contributed by atoms with Crippen LogP contribution in [0.25, 0.3) is 0 Å². The second-order valence-corrected chi connectivity index (χ2v) is 5.00. The van der Waals surface area contributed by atoms with Crippen molar-refractivity contribution >= 4 is 11.9 Å². The normalized spacial score (nSPS) is 13.4. The van der Waals surface area contributed by atoms with Crippen molar-refractivity contribution in [2.75, 3.05) is 0 Å². The van der Waals surface area contributed by atoms with Gasteiger partial charge in [0.25, 0.3) is 0 Å². The van der Waals surface area contributed by atoms with Gasteiger partial charge in [-0.2, -0.15) is 0 Å². The molecular formula is C14H20N2O5. The molecule has 0 heterocycles. The van der Waals surface area contributed by atoms with Crippen LogP contribution in [0.2, 0.25) is 0 Å². The number of nitrogens with one attached hydrogen (secondary N) is 1. The van der Waals surface area contributed by atoms with Crippen LogP contribution in [0.4, 0.5) is 0 Å². The Morgan fingerprint density at radius 1 is 1.29 bits per heavy atom. The molecule has 0 spiro atoms. The van der Waals surface area contributed by atoms with Gasteiger partial charge in [0.15, 0.2) is 11.5 Å². The summed E-state index contributed by atoms with van der Waals surface area (Å²) in [5.41, 5.74) is 6.03. The zero-order chi connectivity index (χ0) is 16.0. The quantitative estimate of drug-likeness (QED) is 0.461. The van der Waals surface area contributed by atoms with E-state index in [4.69, 9.17) is 10.8 Å². The largest absolute Gasteiger partial charge is 0.504 e. The van der Waals surface area contributed by atoms with Crippen LogP contribution in [0, 0.1) is 0 Å². The molecule has 21 heavy (non-hydrogen) atoms. The van der Waals surface area contributed by atoms with E-state index in [9.17, 15) is 19.8 Å². The first-order chi connectivity index (χ1) is 9.79. The maximum atomic E-state index is 11.7. The summed E-state index contributed by atoms with van der Waals surface area (Å²) in [5.74, 6) is -2.18. The molecule has 1 aromatic rings. The number of rotatable bonds is 7. The highest BCUT2D eigenvalue weighted by Crippen LogP contribution is 2.25. The second kappa shape index (κ2) is 7.49. The maximum absolute atomic E-state index is 11.7. The molecule has 0 fully saturated rings. The van der Waals surface area contributed by atoms with Crippen molar-refractivity contribution in [1.82, 2.24) is 5.32 Å². The van der Waals surface area contributed by atoms with Gasteiger partial charge in [-0.3, -0.25) is 4.79 Å². The van der Waals surface area contributed by atoms with Gasteiger partial charge in [-0.25, -0.2) is 4.79 Å². The topological polar surface area (TPSA) is 133 Å². The number of carboxylic acids is 1. The van der Waals surface area contributed by atoms with Crippen LogP contribution in [0.15, 0.2) is 18.2 Å². The van der Waals surface area contributed by atoms with Crippen LogP contribution in [0.3, 0.4) is 0 Å². The Morgan fingerprint density at radius 3 is 2.48 bits per heavy atom. The number of phenols is 2. The van der Waals surface area contributed by atoms with Gasteiger partial charge in [-0.15, -0.1) is 0 Å². The van der Waals surface area contributed by atoms with E-state index in [1.165, 1.54) is 18.2 Å². The molecule has 116 valence electrons. The van der Waals surface area contributed by atoms with Crippen molar-refractivity contribution in [2.45, 2.75) is 38.3 Å². The van der Waals surface area contributed by atoms with E-state index in [-0.39, 0.29) is 36.3 Å². The molecule has 0 saturated heterocycles. The van der Waals surface area contributed by atoms with Crippen molar-refractivity contribution < 1.29 is 24.9 Å². The minimum atomic E-state index is -1.17. The Hall–Kier alpha value is -2.28. The third-order valence-electron chi connectivity index (χ3n) is 2.94. The molecule has 1 rings (SSSR count). The standard InChI is InChI=1S/C14H20N2O5/c1-8(15)2-5-13(19)16-10(14(20)21)6-9-3-4-11(17)12(18)7-9/h3-4,7-8,10,17-18H,2,5-6,15H2,1H3,(H,16,19)(H,20,21)/t8?,10-/m0/s1. The van der Waals surface area contributed by atoms with Crippen molar-refractivity contribution in [3.05, 3.63) is 23.8 Å². The molecule has 0 bridgehead atoms. The Morgan fingerprint density at radius 2 is 1.95 bits per heavy atom. The van der Waals surface area contributed by atoms with Crippen molar-refractivity contribution in [1.29, 1.82) is 0 Å². The number of nitrogens with two attached hydrogens (primary N) is 1. The van der Waals surface area contributed by atoms with E-state index in [1.807, 2.05) is 0 Å². The van der Waals surface area contributed by atoms with Crippen LogP contribution in [0.5, 0.6) is 11.5 Å². The summed E-state index contributed by atoms with van der Waals surface area (Å²) in [6, 6.07) is 2.78. The fourth-order valence-corrected chi connectivity index (χ4v) is 1.76. The predicted molar refractivity (Wildman–Crippen MR) is 75.9 cm³/mol. The van der Waals surface area contributed by atoms with E-state index < -0.39 is 12.0 Å². The van der Waals surface area contributed by atoms with Crippen LogP contribution in [-0.4, -0.2) is 39.3 Å². The smallest absolute Gasteiger partial charge is 0.326 e. The van der Waals surface area contributed by atoms with Gasteiger partial charge in [0.1, 0.15) is 6.04 Å². The van der Waals surface area contributed by atoms with E-state index in [0.717, 1.165) is 0 Å². The molecule has 0 aliphatic carbocycles. The van der Waals surface area contributed by atoms with Crippen LogP contribution in [-0.2, 0) is 16.0 Å². The van der Waals surface area contributed by atoms with Gasteiger partial charge in [0, 0.05) is 18.9 Å². The monoisotopic (exact) mass is 296 g/mol. The molecule has 0 aliphatic heterocycles. The van der Waals surface area contributed by atoms with Gasteiger partial charge in [0.05, 0.1) is 0 Å². The molecule has 6 N–H and O–H groups in total. The predicted octanol–water partition coefficient (Wildman–Crippen LogP) is 0.337. The third-order valence-corrected chi connectivity index (χ3v) is 2.94. The SMILES string of the molecule is CC(N)CCC(=O)N[C@@H](Cc1ccc(O)c(O)c1)C(=O)O. The summed E-state index contributed by atoms with van der Waals surface area (Å²) in [5, 5.41) is 30.1.